The van der Waals surface area contributed by atoms with Crippen molar-refractivity contribution in [3.8, 4) is 0 Å². The Bertz CT molecular complexity index is 68.4. The lowest BCUT2D eigenvalue weighted by Gasteiger charge is -2.21. The van der Waals surface area contributed by atoms with Crippen molar-refractivity contribution in [3.05, 3.63) is 0 Å². The first-order valence-electron chi connectivity index (χ1n) is 2.28. The summed E-state index contributed by atoms with van der Waals surface area (Å²) in [5.74, 6) is 0. The first kappa shape index (κ1) is 6.62. The van der Waals surface area contributed by atoms with E-state index in [4.69, 9.17) is 32.7 Å². The van der Waals surface area contributed by atoms with Gasteiger partial charge in [0.15, 0.2) is 5.56 Å². The van der Waals surface area contributed by atoms with Crippen LogP contribution in [0.4, 0.5) is 0 Å². The van der Waals surface area contributed by atoms with E-state index < -0.39 is 0 Å². The lowest BCUT2D eigenvalue weighted by Crippen LogP contribution is -2.30. The van der Waals surface area contributed by atoms with Gasteiger partial charge in [-0.1, -0.05) is 11.6 Å². The van der Waals surface area contributed by atoms with Gasteiger partial charge in [-0.05, 0) is 0 Å². The van der Waals surface area contributed by atoms with Crippen LogP contribution in [0.5, 0.6) is 0 Å². The van der Waals surface area contributed by atoms with Crippen LogP contribution in [0.2, 0.25) is 0 Å². The zero-order valence-electron chi connectivity index (χ0n) is 4.14. The molecule has 2 unspecified atom stereocenters. The predicted molar refractivity (Wildman–Crippen MR) is 31.2 cm³/mol. The maximum atomic E-state index is 5.59. The van der Waals surface area contributed by atoms with Gasteiger partial charge in [0.05, 0.1) is 12.0 Å². The van der Waals surface area contributed by atoms with Crippen molar-refractivity contribution in [1.29, 1.82) is 0 Å². The second-order valence-electron chi connectivity index (χ2n) is 1.52. The van der Waals surface area contributed by atoms with Gasteiger partial charge in [0.2, 0.25) is 0 Å². The monoisotopic (exact) mass is 156 g/mol. The Morgan fingerprint density at radius 3 is 2.50 bits per heavy atom. The molecule has 1 saturated heterocycles. The van der Waals surface area contributed by atoms with E-state index in [1.54, 1.807) is 0 Å². The van der Waals surface area contributed by atoms with Crippen molar-refractivity contribution in [3.63, 3.8) is 0 Å². The van der Waals surface area contributed by atoms with Gasteiger partial charge in [0, 0.05) is 0 Å². The van der Waals surface area contributed by atoms with E-state index in [9.17, 15) is 0 Å². The fourth-order valence-electron chi connectivity index (χ4n) is 0.454. The zero-order valence-corrected chi connectivity index (χ0v) is 5.65. The molecule has 1 fully saturated rings. The Morgan fingerprint density at radius 1 is 1.38 bits per heavy atom. The van der Waals surface area contributed by atoms with E-state index in [1.165, 1.54) is 0 Å². The fraction of sp³-hybridized carbons (Fsp3) is 1.00. The zero-order chi connectivity index (χ0) is 5.98. The van der Waals surface area contributed by atoms with Gasteiger partial charge in [-0.3, -0.25) is 0 Å². The van der Waals surface area contributed by atoms with Crippen molar-refractivity contribution < 1.29 is 9.47 Å². The van der Waals surface area contributed by atoms with Crippen molar-refractivity contribution in [2.45, 2.75) is 10.9 Å². The van der Waals surface area contributed by atoms with Gasteiger partial charge in [-0.15, -0.1) is 11.6 Å². The van der Waals surface area contributed by atoms with Gasteiger partial charge in [-0.2, -0.15) is 0 Å². The van der Waals surface area contributed by atoms with Crippen LogP contribution in [-0.2, 0) is 9.47 Å². The summed E-state index contributed by atoms with van der Waals surface area (Å²) in [4.78, 5) is 0. The van der Waals surface area contributed by atoms with Crippen molar-refractivity contribution in [2.75, 3.05) is 13.4 Å². The van der Waals surface area contributed by atoms with Gasteiger partial charge < -0.3 is 9.47 Å². The third kappa shape index (κ3) is 1.49. The Labute approximate surface area is 57.7 Å². The molecule has 0 aromatic rings. The third-order valence-corrected chi connectivity index (χ3v) is 1.79. The Kier molecular flexibility index (Phi) is 2.38. The number of hydrogen-bond donors (Lipinski definition) is 0. The second kappa shape index (κ2) is 2.87. The van der Waals surface area contributed by atoms with Crippen molar-refractivity contribution in [1.82, 2.24) is 0 Å². The van der Waals surface area contributed by atoms with E-state index in [-0.39, 0.29) is 17.7 Å². The molecule has 48 valence electrons. The highest BCUT2D eigenvalue weighted by Gasteiger charge is 2.21. The first-order valence-corrected chi connectivity index (χ1v) is 3.15. The lowest BCUT2D eigenvalue weighted by atomic mass is 10.4. The molecule has 1 aliphatic rings. The summed E-state index contributed by atoms with van der Waals surface area (Å²) in [6, 6.07) is 0. The molecule has 0 saturated carbocycles. The molecule has 0 amide bonds. The molecule has 0 aromatic carbocycles. The van der Waals surface area contributed by atoms with Crippen LogP contribution in [0.15, 0.2) is 0 Å². The van der Waals surface area contributed by atoms with Gasteiger partial charge in [-0.25, -0.2) is 0 Å². The lowest BCUT2D eigenvalue weighted by molar-refractivity contribution is -0.109. The minimum absolute atomic E-state index is 0.203. The molecule has 4 heteroatoms. The van der Waals surface area contributed by atoms with Gasteiger partial charge in [0.25, 0.3) is 0 Å². The summed E-state index contributed by atoms with van der Waals surface area (Å²) in [5, 5.41) is -0.203. The van der Waals surface area contributed by atoms with E-state index in [2.05, 4.69) is 0 Å². The number of halogens is 2. The Morgan fingerprint density at radius 2 is 2.12 bits per heavy atom. The molecule has 1 aliphatic heterocycles. The molecular formula is C4H6Cl2O2. The normalized spacial score (nSPS) is 39.8. The summed E-state index contributed by atoms with van der Waals surface area (Å²) < 4.78 is 9.61. The highest BCUT2D eigenvalue weighted by Crippen LogP contribution is 2.15. The predicted octanol–water partition coefficient (Wildman–Crippen LogP) is 1.16. The van der Waals surface area contributed by atoms with Crippen LogP contribution in [0.1, 0.15) is 0 Å². The number of hydrogen-bond acceptors (Lipinski definition) is 2. The molecule has 2 atom stereocenters. The second-order valence-corrected chi connectivity index (χ2v) is 2.51. The maximum Gasteiger partial charge on any atom is 0.152 e. The van der Waals surface area contributed by atoms with Crippen LogP contribution in [-0.4, -0.2) is 24.3 Å². The Balaban J connectivity index is 2.28. The molecule has 0 aliphatic carbocycles. The molecule has 1 rings (SSSR count). The largest absolute Gasteiger partial charge is 0.354 e. The average Bonchev–Trinajstić information content (AvgIpc) is 1.77. The molecule has 0 radical (unpaired) electrons. The third-order valence-electron chi connectivity index (χ3n) is 0.872. The highest BCUT2D eigenvalue weighted by atomic mass is 35.5. The standard InChI is InChI=1S/C4H6Cl2O2/c5-3-1-7-2-8-4(3)6/h3-4H,1-2H2. The molecular weight excluding hydrogens is 151 g/mol. The first-order chi connectivity index (χ1) is 3.80. The topological polar surface area (TPSA) is 18.5 Å². The number of alkyl halides is 2. The fourth-order valence-corrected chi connectivity index (χ4v) is 0.740. The minimum Gasteiger partial charge on any atom is -0.354 e. The van der Waals surface area contributed by atoms with Crippen LogP contribution >= 0.6 is 23.2 Å². The van der Waals surface area contributed by atoms with E-state index >= 15 is 0 Å². The van der Waals surface area contributed by atoms with Crippen LogP contribution in [0.3, 0.4) is 0 Å². The smallest absolute Gasteiger partial charge is 0.152 e. The molecule has 0 N–H and O–H groups in total. The summed E-state index contributed by atoms with van der Waals surface area (Å²) in [7, 11) is 0. The van der Waals surface area contributed by atoms with Crippen LogP contribution in [0, 0.1) is 0 Å². The molecule has 8 heavy (non-hydrogen) atoms. The number of rotatable bonds is 0. The molecule has 1 heterocycles. The van der Waals surface area contributed by atoms with Gasteiger partial charge >= 0.3 is 0 Å². The molecule has 2 nitrogen and oxygen atoms in total. The van der Waals surface area contributed by atoms with Crippen molar-refractivity contribution in [2.24, 2.45) is 0 Å². The molecule has 0 bridgehead atoms. The summed E-state index contributed by atoms with van der Waals surface area (Å²) >= 11 is 11.1. The molecule has 0 spiro atoms. The van der Waals surface area contributed by atoms with E-state index in [0.29, 0.717) is 6.61 Å². The molecule has 0 aromatic heterocycles. The van der Waals surface area contributed by atoms with E-state index in [0.717, 1.165) is 0 Å². The minimum atomic E-state index is -0.384. The SMILES string of the molecule is ClC1COCOC1Cl. The summed E-state index contributed by atoms with van der Waals surface area (Å²) in [5.41, 5.74) is -0.384. The van der Waals surface area contributed by atoms with E-state index in [1.807, 2.05) is 0 Å². The maximum absolute atomic E-state index is 5.59. The van der Waals surface area contributed by atoms with Crippen LogP contribution in [0.25, 0.3) is 0 Å². The number of ether oxygens (including phenoxy) is 2. The van der Waals surface area contributed by atoms with Crippen LogP contribution < -0.4 is 0 Å². The van der Waals surface area contributed by atoms with Gasteiger partial charge in [0.1, 0.15) is 6.79 Å². The summed E-state index contributed by atoms with van der Waals surface area (Å²) in [6.45, 7) is 0.743. The highest BCUT2D eigenvalue weighted by molar-refractivity contribution is 6.29. The quantitative estimate of drug-likeness (QED) is 0.491. The summed E-state index contributed by atoms with van der Waals surface area (Å²) in [6.07, 6.45) is 0. The van der Waals surface area contributed by atoms with Crippen molar-refractivity contribution >= 4 is 23.2 Å². The Hall–Kier alpha value is 0.500. The average molecular weight is 157 g/mol.